The summed E-state index contributed by atoms with van der Waals surface area (Å²) in [5.41, 5.74) is 0.974. The molecule has 4 heteroatoms. The van der Waals surface area contributed by atoms with Gasteiger partial charge < -0.3 is 9.69 Å². The fraction of sp³-hybridized carbons (Fsp3) is 0.462. The van der Waals surface area contributed by atoms with Gasteiger partial charge in [-0.3, -0.25) is 0 Å². The van der Waals surface area contributed by atoms with Gasteiger partial charge in [-0.25, -0.2) is 4.39 Å². The van der Waals surface area contributed by atoms with Crippen LogP contribution in [0.1, 0.15) is 25.3 Å². The van der Waals surface area contributed by atoms with Gasteiger partial charge >= 0.3 is 0 Å². The van der Waals surface area contributed by atoms with Crippen LogP contribution in [0.25, 0.3) is 0 Å². The first kappa shape index (κ1) is 14.1. The van der Waals surface area contributed by atoms with Crippen molar-refractivity contribution in [3.05, 3.63) is 34.6 Å². The molecule has 0 fully saturated rings. The normalized spacial score (nSPS) is 10.9. The molecule has 0 aliphatic rings. The molecule has 1 rings (SSSR count). The molecule has 0 saturated heterocycles. The molecule has 0 spiro atoms. The molecule has 94 valence electrons. The van der Waals surface area contributed by atoms with Crippen molar-refractivity contribution in [1.29, 1.82) is 0 Å². The van der Waals surface area contributed by atoms with Gasteiger partial charge in [-0.1, -0.05) is 17.7 Å². The molecule has 0 aliphatic carbocycles. The van der Waals surface area contributed by atoms with Crippen LogP contribution in [0.2, 0.25) is 5.02 Å². The maximum absolute atomic E-state index is 12.9. The summed E-state index contributed by atoms with van der Waals surface area (Å²) >= 11 is 5.71. The molecule has 2 nitrogen and oxygen atoms in total. The van der Waals surface area contributed by atoms with E-state index in [1.165, 1.54) is 6.07 Å². The number of Topliss-reactive ketones (excluding diaryl/α,β-unsaturated/α-hetero) is 1. The van der Waals surface area contributed by atoms with Gasteiger partial charge in [-0.15, -0.1) is 0 Å². The van der Waals surface area contributed by atoms with E-state index in [1.807, 2.05) is 7.05 Å². The minimum Gasteiger partial charge on any atom is -0.302 e. The first-order chi connectivity index (χ1) is 7.99. The molecule has 0 unspecified atom stereocenters. The van der Waals surface area contributed by atoms with Crippen LogP contribution in [0.3, 0.4) is 0 Å². The number of carbonyl (C=O) groups excluding carboxylic acids is 1. The van der Waals surface area contributed by atoms with E-state index in [9.17, 15) is 9.18 Å². The Morgan fingerprint density at radius 1 is 1.47 bits per heavy atom. The first-order valence-electron chi connectivity index (χ1n) is 5.61. The highest BCUT2D eigenvalue weighted by Crippen LogP contribution is 2.17. The molecule has 0 heterocycles. The summed E-state index contributed by atoms with van der Waals surface area (Å²) in [7, 11) is 1.97. The Labute approximate surface area is 106 Å². The van der Waals surface area contributed by atoms with Gasteiger partial charge in [-0.05, 0) is 44.6 Å². The van der Waals surface area contributed by atoms with Crippen molar-refractivity contribution in [2.24, 2.45) is 0 Å². The number of hydrogen-bond donors (Lipinski definition) is 0. The Hall–Kier alpha value is -0.930. The number of carbonyl (C=O) groups is 1. The maximum Gasteiger partial charge on any atom is 0.141 e. The minimum atomic E-state index is -0.394. The molecule has 17 heavy (non-hydrogen) atoms. The standard InChI is InChI=1S/C13H17ClFNO/c1-10(17)4-3-7-16(2)9-11-5-6-13(15)12(14)8-11/h5-6,8H,3-4,7,9H2,1-2H3. The van der Waals surface area contributed by atoms with Crippen LogP contribution in [0, 0.1) is 5.82 Å². The Balaban J connectivity index is 2.42. The van der Waals surface area contributed by atoms with Crippen molar-refractivity contribution in [2.75, 3.05) is 13.6 Å². The number of halogens is 2. The predicted molar refractivity (Wildman–Crippen MR) is 67.7 cm³/mol. The second-order valence-electron chi connectivity index (χ2n) is 4.29. The number of hydrogen-bond acceptors (Lipinski definition) is 2. The zero-order valence-corrected chi connectivity index (χ0v) is 10.9. The molecule has 0 bridgehead atoms. The molecule has 1 aromatic rings. The molecule has 0 aromatic heterocycles. The largest absolute Gasteiger partial charge is 0.302 e. The minimum absolute atomic E-state index is 0.152. The summed E-state index contributed by atoms with van der Waals surface area (Å²) in [5.74, 6) is -0.183. The summed E-state index contributed by atoms with van der Waals surface area (Å²) in [4.78, 5) is 12.9. The molecular formula is C13H17ClFNO. The van der Waals surface area contributed by atoms with Gasteiger partial charge in [0.2, 0.25) is 0 Å². The van der Waals surface area contributed by atoms with Crippen LogP contribution in [-0.4, -0.2) is 24.3 Å². The fourth-order valence-corrected chi connectivity index (χ4v) is 1.83. The van der Waals surface area contributed by atoms with Crippen molar-refractivity contribution < 1.29 is 9.18 Å². The third-order valence-electron chi connectivity index (χ3n) is 2.51. The first-order valence-corrected chi connectivity index (χ1v) is 5.98. The lowest BCUT2D eigenvalue weighted by atomic mass is 10.2. The second kappa shape index (κ2) is 6.72. The number of ketones is 1. The van der Waals surface area contributed by atoms with Crippen LogP contribution >= 0.6 is 11.6 Å². The Morgan fingerprint density at radius 3 is 2.76 bits per heavy atom. The lowest BCUT2D eigenvalue weighted by Crippen LogP contribution is -2.19. The molecule has 0 aliphatic heterocycles. The van der Waals surface area contributed by atoms with Crippen LogP contribution < -0.4 is 0 Å². The highest BCUT2D eigenvalue weighted by molar-refractivity contribution is 6.30. The Kier molecular flexibility index (Phi) is 5.59. The highest BCUT2D eigenvalue weighted by atomic mass is 35.5. The van der Waals surface area contributed by atoms with E-state index < -0.39 is 5.82 Å². The van der Waals surface area contributed by atoms with E-state index in [0.29, 0.717) is 13.0 Å². The van der Waals surface area contributed by atoms with E-state index >= 15 is 0 Å². The molecular weight excluding hydrogens is 241 g/mol. The fourth-order valence-electron chi connectivity index (χ4n) is 1.63. The van der Waals surface area contributed by atoms with Gasteiger partial charge in [0.1, 0.15) is 11.6 Å². The summed E-state index contributed by atoms with van der Waals surface area (Å²) in [6.07, 6.45) is 1.45. The van der Waals surface area contributed by atoms with Gasteiger partial charge in [0.05, 0.1) is 5.02 Å². The zero-order chi connectivity index (χ0) is 12.8. The van der Waals surface area contributed by atoms with Crippen LogP contribution in [0.15, 0.2) is 18.2 Å². The van der Waals surface area contributed by atoms with Crippen LogP contribution in [0.5, 0.6) is 0 Å². The summed E-state index contributed by atoms with van der Waals surface area (Å²) < 4.78 is 12.9. The average Bonchev–Trinajstić information content (AvgIpc) is 2.23. The van der Waals surface area contributed by atoms with Crippen molar-refractivity contribution >= 4 is 17.4 Å². The quantitative estimate of drug-likeness (QED) is 0.780. The van der Waals surface area contributed by atoms with E-state index in [2.05, 4.69) is 4.90 Å². The monoisotopic (exact) mass is 257 g/mol. The van der Waals surface area contributed by atoms with Gasteiger partial charge in [0, 0.05) is 13.0 Å². The van der Waals surface area contributed by atoms with Crippen molar-refractivity contribution in [2.45, 2.75) is 26.3 Å². The summed E-state index contributed by atoms with van der Waals surface area (Å²) in [5, 5.41) is 0.152. The molecule has 0 radical (unpaired) electrons. The average molecular weight is 258 g/mol. The van der Waals surface area contributed by atoms with E-state index in [4.69, 9.17) is 11.6 Å². The van der Waals surface area contributed by atoms with Gasteiger partial charge in [0.25, 0.3) is 0 Å². The lowest BCUT2D eigenvalue weighted by Gasteiger charge is -2.16. The van der Waals surface area contributed by atoms with E-state index in [0.717, 1.165) is 18.5 Å². The van der Waals surface area contributed by atoms with E-state index in [1.54, 1.807) is 19.1 Å². The molecule has 0 amide bonds. The van der Waals surface area contributed by atoms with Gasteiger partial charge in [-0.2, -0.15) is 0 Å². The summed E-state index contributed by atoms with van der Waals surface area (Å²) in [6.45, 7) is 3.15. The number of rotatable bonds is 6. The smallest absolute Gasteiger partial charge is 0.141 e. The Morgan fingerprint density at radius 2 is 2.18 bits per heavy atom. The number of benzene rings is 1. The van der Waals surface area contributed by atoms with Crippen LogP contribution in [0.4, 0.5) is 4.39 Å². The van der Waals surface area contributed by atoms with Crippen molar-refractivity contribution in [1.82, 2.24) is 4.90 Å². The van der Waals surface area contributed by atoms with Crippen molar-refractivity contribution in [3.63, 3.8) is 0 Å². The SMILES string of the molecule is CC(=O)CCCN(C)Cc1ccc(F)c(Cl)c1. The second-order valence-corrected chi connectivity index (χ2v) is 4.70. The molecule has 0 saturated carbocycles. The highest BCUT2D eigenvalue weighted by Gasteiger charge is 2.04. The third-order valence-corrected chi connectivity index (χ3v) is 2.79. The Bertz CT molecular complexity index is 395. The summed E-state index contributed by atoms with van der Waals surface area (Å²) in [6, 6.07) is 4.74. The molecule has 0 atom stereocenters. The lowest BCUT2D eigenvalue weighted by molar-refractivity contribution is -0.117. The zero-order valence-electron chi connectivity index (χ0n) is 10.2. The molecule has 1 aromatic carbocycles. The van der Waals surface area contributed by atoms with Crippen LogP contribution in [-0.2, 0) is 11.3 Å². The number of nitrogens with zero attached hydrogens (tertiary/aromatic N) is 1. The van der Waals surface area contributed by atoms with Gasteiger partial charge in [0.15, 0.2) is 0 Å². The third kappa shape index (κ3) is 5.29. The van der Waals surface area contributed by atoms with E-state index in [-0.39, 0.29) is 10.8 Å². The maximum atomic E-state index is 12.9. The topological polar surface area (TPSA) is 20.3 Å². The predicted octanol–water partition coefficient (Wildman–Crippen LogP) is 3.28. The van der Waals surface area contributed by atoms with Crippen molar-refractivity contribution in [3.8, 4) is 0 Å². The molecule has 0 N–H and O–H groups in total.